The van der Waals surface area contributed by atoms with Crippen molar-refractivity contribution in [3.8, 4) is 0 Å². The van der Waals surface area contributed by atoms with Crippen LogP contribution in [0.1, 0.15) is 26.7 Å². The van der Waals surface area contributed by atoms with Gasteiger partial charge in [-0.15, -0.1) is 0 Å². The number of nitrogens with one attached hydrogen (secondary N) is 1. The molecule has 2 heteroatoms. The van der Waals surface area contributed by atoms with Gasteiger partial charge >= 0.3 is 0 Å². The molecule has 0 atom stereocenters. The molecule has 0 bridgehead atoms. The highest BCUT2D eigenvalue weighted by atomic mass is 16.1. The standard InChI is InChI=1S/C8H14NO/c1-6(2)9-8(10)7-4-3-5-7/h3,6-7H,4-5H2,1-2H3,(H,9,10). The number of amides is 1. The van der Waals surface area contributed by atoms with Crippen molar-refractivity contribution in [2.75, 3.05) is 0 Å². The fourth-order valence-corrected chi connectivity index (χ4v) is 0.950. The molecule has 0 heterocycles. The molecule has 0 aromatic rings. The topological polar surface area (TPSA) is 29.1 Å². The quantitative estimate of drug-likeness (QED) is 0.612. The molecular weight excluding hydrogens is 126 g/mol. The van der Waals surface area contributed by atoms with E-state index in [1.807, 2.05) is 13.8 Å². The molecule has 1 amide bonds. The summed E-state index contributed by atoms with van der Waals surface area (Å²) in [6.45, 7) is 3.97. The second kappa shape index (κ2) is 3.04. The van der Waals surface area contributed by atoms with Crippen molar-refractivity contribution in [1.29, 1.82) is 0 Å². The molecule has 0 spiro atoms. The normalized spacial score (nSPS) is 18.7. The highest BCUT2D eigenvalue weighted by molar-refractivity contribution is 5.80. The molecule has 0 aliphatic heterocycles. The maximum Gasteiger partial charge on any atom is 0.223 e. The Bertz CT molecular complexity index is 127. The predicted molar refractivity (Wildman–Crippen MR) is 40.3 cm³/mol. The highest BCUT2D eigenvalue weighted by Crippen LogP contribution is 2.24. The van der Waals surface area contributed by atoms with Gasteiger partial charge < -0.3 is 5.32 Å². The van der Waals surface area contributed by atoms with E-state index in [0.29, 0.717) is 0 Å². The highest BCUT2D eigenvalue weighted by Gasteiger charge is 2.25. The Morgan fingerprint density at radius 1 is 1.60 bits per heavy atom. The van der Waals surface area contributed by atoms with Crippen LogP contribution in [0.15, 0.2) is 0 Å². The Balaban J connectivity index is 2.20. The lowest BCUT2D eigenvalue weighted by atomic mass is 9.85. The van der Waals surface area contributed by atoms with Crippen LogP contribution in [0.4, 0.5) is 0 Å². The average Bonchev–Trinajstić information content (AvgIpc) is 1.55. The van der Waals surface area contributed by atoms with E-state index < -0.39 is 0 Å². The van der Waals surface area contributed by atoms with Gasteiger partial charge in [0.25, 0.3) is 0 Å². The van der Waals surface area contributed by atoms with Crippen molar-refractivity contribution in [1.82, 2.24) is 5.32 Å². The lowest BCUT2D eigenvalue weighted by Crippen LogP contribution is -2.38. The van der Waals surface area contributed by atoms with Crippen molar-refractivity contribution >= 4 is 5.91 Å². The van der Waals surface area contributed by atoms with Crippen molar-refractivity contribution in [3.63, 3.8) is 0 Å². The molecule has 1 radical (unpaired) electrons. The van der Waals surface area contributed by atoms with E-state index in [-0.39, 0.29) is 17.9 Å². The summed E-state index contributed by atoms with van der Waals surface area (Å²) in [7, 11) is 0. The van der Waals surface area contributed by atoms with Gasteiger partial charge in [-0.3, -0.25) is 4.79 Å². The van der Waals surface area contributed by atoms with Crippen LogP contribution in [-0.2, 0) is 4.79 Å². The van der Waals surface area contributed by atoms with Gasteiger partial charge in [0.05, 0.1) is 0 Å². The second-order valence-electron chi connectivity index (χ2n) is 3.12. The van der Waals surface area contributed by atoms with E-state index in [1.54, 1.807) is 0 Å². The van der Waals surface area contributed by atoms with Gasteiger partial charge in [-0.05, 0) is 33.1 Å². The number of carbonyl (C=O) groups excluding carboxylic acids is 1. The molecule has 1 N–H and O–H groups in total. The van der Waals surface area contributed by atoms with E-state index in [9.17, 15) is 4.79 Å². The third kappa shape index (κ3) is 1.72. The minimum absolute atomic E-state index is 0.220. The minimum Gasteiger partial charge on any atom is -0.354 e. The van der Waals surface area contributed by atoms with Gasteiger partial charge in [-0.25, -0.2) is 0 Å². The molecule has 1 rings (SSSR count). The second-order valence-corrected chi connectivity index (χ2v) is 3.12. The molecule has 0 saturated heterocycles. The summed E-state index contributed by atoms with van der Waals surface area (Å²) in [6.07, 6.45) is 4.08. The third-order valence-electron chi connectivity index (χ3n) is 1.70. The van der Waals surface area contributed by atoms with Crippen LogP contribution in [-0.4, -0.2) is 11.9 Å². The molecule has 1 saturated carbocycles. The molecule has 1 aliphatic carbocycles. The molecule has 1 aliphatic rings. The minimum atomic E-state index is 0.220. The largest absolute Gasteiger partial charge is 0.354 e. The van der Waals surface area contributed by atoms with Crippen molar-refractivity contribution in [2.45, 2.75) is 32.7 Å². The smallest absolute Gasteiger partial charge is 0.223 e. The molecule has 57 valence electrons. The average molecular weight is 140 g/mol. The summed E-state index contributed by atoms with van der Waals surface area (Å²) in [6, 6.07) is 0.285. The van der Waals surface area contributed by atoms with Gasteiger partial charge in [-0.1, -0.05) is 0 Å². The van der Waals surface area contributed by atoms with Gasteiger partial charge in [0.15, 0.2) is 0 Å². The summed E-state index contributed by atoms with van der Waals surface area (Å²) in [5.74, 6) is 0.500. The van der Waals surface area contributed by atoms with Crippen LogP contribution in [0.2, 0.25) is 0 Å². The lowest BCUT2D eigenvalue weighted by molar-refractivity contribution is -0.126. The third-order valence-corrected chi connectivity index (χ3v) is 1.70. The Morgan fingerprint density at radius 2 is 2.20 bits per heavy atom. The van der Waals surface area contributed by atoms with E-state index >= 15 is 0 Å². The Hall–Kier alpha value is -0.530. The van der Waals surface area contributed by atoms with E-state index in [2.05, 4.69) is 11.7 Å². The molecule has 10 heavy (non-hydrogen) atoms. The first-order valence-corrected chi connectivity index (χ1v) is 3.82. The molecule has 0 unspecified atom stereocenters. The number of hydrogen-bond acceptors (Lipinski definition) is 1. The summed E-state index contributed by atoms with van der Waals surface area (Å²) in [5.41, 5.74) is 0. The van der Waals surface area contributed by atoms with Crippen molar-refractivity contribution < 1.29 is 4.79 Å². The van der Waals surface area contributed by atoms with Crippen molar-refractivity contribution in [2.24, 2.45) is 5.92 Å². The van der Waals surface area contributed by atoms with Crippen molar-refractivity contribution in [3.05, 3.63) is 6.42 Å². The van der Waals surface area contributed by atoms with Gasteiger partial charge in [0.1, 0.15) is 0 Å². The summed E-state index contributed by atoms with van der Waals surface area (Å²) in [4.78, 5) is 11.1. The molecule has 1 fully saturated rings. The Morgan fingerprint density at radius 3 is 2.50 bits per heavy atom. The van der Waals surface area contributed by atoms with Crippen LogP contribution in [0.3, 0.4) is 0 Å². The van der Waals surface area contributed by atoms with Crippen LogP contribution in [0.5, 0.6) is 0 Å². The van der Waals surface area contributed by atoms with E-state index in [4.69, 9.17) is 0 Å². The van der Waals surface area contributed by atoms with Crippen LogP contribution in [0, 0.1) is 12.3 Å². The number of rotatable bonds is 2. The molecule has 2 nitrogen and oxygen atoms in total. The zero-order valence-electron chi connectivity index (χ0n) is 6.55. The zero-order chi connectivity index (χ0) is 7.56. The summed E-state index contributed by atoms with van der Waals surface area (Å²) < 4.78 is 0. The fraction of sp³-hybridized carbons (Fsp3) is 0.750. The van der Waals surface area contributed by atoms with E-state index in [0.717, 1.165) is 12.8 Å². The molecular formula is C8H14NO. The SMILES string of the molecule is CC(C)NC(=O)C1C[CH]C1. The summed E-state index contributed by atoms with van der Waals surface area (Å²) in [5, 5.41) is 2.89. The van der Waals surface area contributed by atoms with E-state index in [1.165, 1.54) is 0 Å². The summed E-state index contributed by atoms with van der Waals surface area (Å²) >= 11 is 0. The first-order chi connectivity index (χ1) is 4.70. The first-order valence-electron chi connectivity index (χ1n) is 3.82. The zero-order valence-corrected chi connectivity index (χ0v) is 6.55. The van der Waals surface area contributed by atoms with Gasteiger partial charge in [-0.2, -0.15) is 0 Å². The van der Waals surface area contributed by atoms with Gasteiger partial charge in [0, 0.05) is 12.0 Å². The van der Waals surface area contributed by atoms with Crippen LogP contribution >= 0.6 is 0 Å². The lowest BCUT2D eigenvalue weighted by Gasteiger charge is -2.24. The molecule has 0 aromatic carbocycles. The molecule has 0 aromatic heterocycles. The van der Waals surface area contributed by atoms with Crippen LogP contribution in [0.25, 0.3) is 0 Å². The first kappa shape index (κ1) is 7.58. The number of hydrogen-bond donors (Lipinski definition) is 1. The maximum absolute atomic E-state index is 11.1. The Kier molecular flexibility index (Phi) is 2.30. The predicted octanol–water partition coefficient (Wildman–Crippen LogP) is 1.13. The van der Waals surface area contributed by atoms with Crippen LogP contribution < -0.4 is 5.32 Å². The van der Waals surface area contributed by atoms with Gasteiger partial charge in [0.2, 0.25) is 5.91 Å². The maximum atomic E-state index is 11.1. The fourth-order valence-electron chi connectivity index (χ4n) is 0.950. The number of carbonyl (C=O) groups is 1. The Labute approximate surface area is 62.0 Å². The monoisotopic (exact) mass is 140 g/mol.